The van der Waals surface area contributed by atoms with E-state index < -0.39 is 10.0 Å². The largest absolute Gasteiger partial charge is 0.495 e. The van der Waals surface area contributed by atoms with Crippen molar-refractivity contribution in [3.63, 3.8) is 0 Å². The molecule has 0 amide bonds. The summed E-state index contributed by atoms with van der Waals surface area (Å²) in [5.41, 5.74) is 0.607. The van der Waals surface area contributed by atoms with Crippen LogP contribution in [0, 0.1) is 0 Å². The van der Waals surface area contributed by atoms with Gasteiger partial charge in [-0.2, -0.15) is 4.52 Å². The van der Waals surface area contributed by atoms with E-state index in [9.17, 15) is 8.42 Å². The summed E-state index contributed by atoms with van der Waals surface area (Å²) in [6.45, 7) is 4.34. The van der Waals surface area contributed by atoms with E-state index in [4.69, 9.17) is 9.84 Å². The average Bonchev–Trinajstić information content (AvgIpc) is 3.22. The fraction of sp³-hybridized carbons (Fsp3) is 0.450. The molecule has 2 aromatic heterocycles. The highest BCUT2D eigenvalue weighted by Gasteiger charge is 2.20. The molecule has 172 valence electrons. The number of nitrogens with zero attached hydrogens (tertiary/aromatic N) is 6. The summed E-state index contributed by atoms with van der Waals surface area (Å²) in [4.78, 5) is 4.49. The molecule has 1 saturated heterocycles. The normalized spacial score (nSPS) is 15.4. The van der Waals surface area contributed by atoms with Crippen LogP contribution >= 0.6 is 0 Å². The molecular formula is C20H27N7O4S. The fourth-order valence-corrected chi connectivity index (χ4v) is 4.91. The van der Waals surface area contributed by atoms with Gasteiger partial charge in [-0.05, 0) is 24.3 Å². The molecule has 3 heterocycles. The van der Waals surface area contributed by atoms with Crippen LogP contribution in [-0.2, 0) is 16.4 Å². The molecular weight excluding hydrogens is 434 g/mol. The SMILES string of the molecule is COc1ccccc1S(=O)(=O)NCCc1nnc2ccc(N3CCN(CCO)CC3)nn12. The molecule has 0 bridgehead atoms. The van der Waals surface area contributed by atoms with Crippen LogP contribution < -0.4 is 14.4 Å². The number of β-amino-alcohol motifs (C(OH)–C–C–N with tert-alkyl or cyclic N) is 1. The van der Waals surface area contributed by atoms with Crippen molar-refractivity contribution < 1.29 is 18.3 Å². The van der Waals surface area contributed by atoms with Crippen molar-refractivity contribution in [1.82, 2.24) is 29.4 Å². The standard InChI is InChI=1S/C20H27N7O4S/c1-31-16-4-2-3-5-17(16)32(29,30)21-9-8-19-23-22-18-6-7-20(24-27(18)19)26-12-10-25(11-13-26)14-15-28/h2-7,21,28H,8-15H2,1H3. The first-order valence-electron chi connectivity index (χ1n) is 10.4. The average molecular weight is 462 g/mol. The van der Waals surface area contributed by atoms with Gasteiger partial charge in [0.25, 0.3) is 0 Å². The number of aliphatic hydroxyl groups excluding tert-OH is 1. The van der Waals surface area contributed by atoms with E-state index in [1.807, 2.05) is 12.1 Å². The van der Waals surface area contributed by atoms with E-state index in [1.54, 1.807) is 22.7 Å². The third kappa shape index (κ3) is 4.83. The Morgan fingerprint density at radius 3 is 2.62 bits per heavy atom. The molecule has 4 rings (SSSR count). The Kier molecular flexibility index (Phi) is 6.84. The molecule has 0 aliphatic carbocycles. The number of benzene rings is 1. The van der Waals surface area contributed by atoms with Crippen LogP contribution in [0.4, 0.5) is 5.82 Å². The zero-order chi connectivity index (χ0) is 22.6. The van der Waals surface area contributed by atoms with Crippen LogP contribution in [0.3, 0.4) is 0 Å². The van der Waals surface area contributed by atoms with Crippen molar-refractivity contribution in [2.24, 2.45) is 0 Å². The molecule has 0 saturated carbocycles. The van der Waals surface area contributed by atoms with Gasteiger partial charge in [0.1, 0.15) is 16.5 Å². The van der Waals surface area contributed by atoms with Crippen molar-refractivity contribution in [2.45, 2.75) is 11.3 Å². The first kappa shape index (κ1) is 22.4. The van der Waals surface area contributed by atoms with E-state index in [0.29, 0.717) is 30.2 Å². The maximum atomic E-state index is 12.7. The van der Waals surface area contributed by atoms with Crippen molar-refractivity contribution in [1.29, 1.82) is 0 Å². The van der Waals surface area contributed by atoms with E-state index in [1.165, 1.54) is 13.2 Å². The van der Waals surface area contributed by atoms with Gasteiger partial charge in [-0.25, -0.2) is 13.1 Å². The van der Waals surface area contributed by atoms with Crippen LogP contribution in [0.15, 0.2) is 41.3 Å². The highest BCUT2D eigenvalue weighted by molar-refractivity contribution is 7.89. The topological polar surface area (TPSA) is 125 Å². The van der Waals surface area contributed by atoms with Crippen LogP contribution in [0.25, 0.3) is 5.65 Å². The van der Waals surface area contributed by atoms with Crippen LogP contribution in [0.1, 0.15) is 5.82 Å². The second-order valence-corrected chi connectivity index (χ2v) is 9.16. The minimum absolute atomic E-state index is 0.0920. The molecule has 32 heavy (non-hydrogen) atoms. The van der Waals surface area contributed by atoms with Crippen molar-refractivity contribution in [2.75, 3.05) is 57.9 Å². The summed E-state index contributed by atoms with van der Waals surface area (Å²) in [7, 11) is -2.29. The van der Waals surface area contributed by atoms with Crippen molar-refractivity contribution >= 4 is 21.5 Å². The minimum atomic E-state index is -3.73. The number of para-hydroxylation sites is 1. The van der Waals surface area contributed by atoms with E-state index >= 15 is 0 Å². The van der Waals surface area contributed by atoms with Crippen LogP contribution in [-0.4, -0.2) is 91.2 Å². The lowest BCUT2D eigenvalue weighted by Gasteiger charge is -2.34. The molecule has 1 aliphatic rings. The Bertz CT molecular complexity index is 1160. The highest BCUT2D eigenvalue weighted by Crippen LogP contribution is 2.22. The van der Waals surface area contributed by atoms with Crippen LogP contribution in [0.5, 0.6) is 5.75 Å². The van der Waals surface area contributed by atoms with Gasteiger partial charge in [0, 0.05) is 45.7 Å². The van der Waals surface area contributed by atoms with Crippen molar-refractivity contribution in [3.05, 3.63) is 42.2 Å². The molecule has 11 nitrogen and oxygen atoms in total. The van der Waals surface area contributed by atoms with Gasteiger partial charge in [-0.15, -0.1) is 15.3 Å². The Labute approximate surface area is 186 Å². The minimum Gasteiger partial charge on any atom is -0.495 e. The smallest absolute Gasteiger partial charge is 0.244 e. The third-order valence-electron chi connectivity index (χ3n) is 5.43. The van der Waals surface area contributed by atoms with E-state index in [-0.39, 0.29) is 18.0 Å². The van der Waals surface area contributed by atoms with Gasteiger partial charge in [-0.1, -0.05) is 12.1 Å². The zero-order valence-electron chi connectivity index (χ0n) is 17.9. The summed E-state index contributed by atoms with van der Waals surface area (Å²) in [6.07, 6.45) is 0.330. The molecule has 0 radical (unpaired) electrons. The third-order valence-corrected chi connectivity index (χ3v) is 6.93. The number of sulfonamides is 1. The second-order valence-electron chi connectivity index (χ2n) is 7.43. The first-order valence-corrected chi connectivity index (χ1v) is 11.9. The monoisotopic (exact) mass is 461 g/mol. The zero-order valence-corrected chi connectivity index (χ0v) is 18.7. The summed E-state index contributed by atoms with van der Waals surface area (Å²) < 4.78 is 34.7. The Morgan fingerprint density at radius 1 is 1.09 bits per heavy atom. The Morgan fingerprint density at radius 2 is 1.88 bits per heavy atom. The number of methoxy groups -OCH3 is 1. The summed E-state index contributed by atoms with van der Waals surface area (Å²) in [5, 5.41) is 22.1. The molecule has 1 fully saturated rings. The molecule has 12 heteroatoms. The van der Waals surface area contributed by atoms with Gasteiger partial charge in [0.15, 0.2) is 11.5 Å². The number of hydrogen-bond donors (Lipinski definition) is 2. The Hall–Kier alpha value is -2.80. The van der Waals surface area contributed by atoms with Gasteiger partial charge >= 0.3 is 0 Å². The van der Waals surface area contributed by atoms with Gasteiger partial charge in [0.05, 0.1) is 13.7 Å². The molecule has 1 aromatic carbocycles. The molecule has 3 aromatic rings. The fourth-order valence-electron chi connectivity index (χ4n) is 3.71. The lowest BCUT2D eigenvalue weighted by molar-refractivity contribution is 0.188. The number of hydrogen-bond acceptors (Lipinski definition) is 9. The number of nitrogens with one attached hydrogen (secondary N) is 1. The van der Waals surface area contributed by atoms with E-state index in [2.05, 4.69) is 29.8 Å². The molecule has 0 unspecified atom stereocenters. The summed E-state index contributed by atoms with van der Waals surface area (Å²) >= 11 is 0. The highest BCUT2D eigenvalue weighted by atomic mass is 32.2. The van der Waals surface area contributed by atoms with Gasteiger partial charge in [0.2, 0.25) is 10.0 Å². The Balaban J connectivity index is 1.43. The molecule has 1 aliphatic heterocycles. The first-order chi connectivity index (χ1) is 15.5. The quantitative estimate of drug-likeness (QED) is 0.444. The molecule has 0 atom stereocenters. The number of ether oxygens (including phenoxy) is 1. The molecule has 0 spiro atoms. The lowest BCUT2D eigenvalue weighted by Crippen LogP contribution is -2.47. The number of anilines is 1. The predicted molar refractivity (Wildman–Crippen MR) is 118 cm³/mol. The maximum Gasteiger partial charge on any atom is 0.244 e. The number of aliphatic hydroxyl groups is 1. The second kappa shape index (κ2) is 9.77. The number of piperazine rings is 1. The summed E-state index contributed by atoms with van der Waals surface area (Å²) in [6, 6.07) is 10.3. The number of rotatable bonds is 9. The number of aromatic nitrogens is 4. The lowest BCUT2D eigenvalue weighted by atomic mass is 10.3. The molecule has 2 N–H and O–H groups in total. The van der Waals surface area contributed by atoms with Gasteiger partial charge in [-0.3, -0.25) is 4.90 Å². The maximum absolute atomic E-state index is 12.7. The van der Waals surface area contributed by atoms with Gasteiger partial charge < -0.3 is 14.7 Å². The van der Waals surface area contributed by atoms with Crippen molar-refractivity contribution in [3.8, 4) is 5.75 Å². The predicted octanol–water partition coefficient (Wildman–Crippen LogP) is -0.232. The van der Waals surface area contributed by atoms with Crippen LogP contribution in [0.2, 0.25) is 0 Å². The summed E-state index contributed by atoms with van der Waals surface area (Å²) in [5.74, 6) is 1.68. The van der Waals surface area contributed by atoms with E-state index in [0.717, 1.165) is 32.0 Å². The number of fused-ring (bicyclic) bond motifs is 1.